The van der Waals surface area contributed by atoms with Gasteiger partial charge in [-0.25, -0.2) is 9.59 Å². The lowest BCUT2D eigenvalue weighted by atomic mass is 10.1. The molecule has 5 nitrogen and oxygen atoms in total. The highest BCUT2D eigenvalue weighted by Crippen LogP contribution is 2.22. The maximum Gasteiger partial charge on any atom is 0.371 e. The van der Waals surface area contributed by atoms with Crippen LogP contribution in [0, 0.1) is 0 Å². The van der Waals surface area contributed by atoms with Crippen LogP contribution in [-0.4, -0.2) is 23.1 Å². The minimum atomic E-state index is -1.12. The normalized spacial score (nSPS) is 10.6. The predicted molar refractivity (Wildman–Crippen MR) is 71.7 cm³/mol. The van der Waals surface area contributed by atoms with Crippen LogP contribution in [-0.2, 0) is 4.74 Å². The molecule has 0 aliphatic carbocycles. The average Bonchev–Trinajstić information content (AvgIpc) is 2.88. The first kappa shape index (κ1) is 13.9. The van der Waals surface area contributed by atoms with E-state index in [1.54, 1.807) is 44.2 Å². The van der Waals surface area contributed by atoms with Gasteiger partial charge in [0.15, 0.2) is 0 Å². The van der Waals surface area contributed by atoms with Crippen molar-refractivity contribution in [3.8, 4) is 11.3 Å². The number of benzene rings is 1. The number of carboxylic acid groups (broad SMARTS) is 1. The van der Waals surface area contributed by atoms with Crippen LogP contribution in [0.1, 0.15) is 34.8 Å². The fraction of sp³-hybridized carbons (Fsp3) is 0.200. The van der Waals surface area contributed by atoms with Crippen molar-refractivity contribution in [3.63, 3.8) is 0 Å². The zero-order valence-corrected chi connectivity index (χ0v) is 11.1. The molecule has 0 fully saturated rings. The summed E-state index contributed by atoms with van der Waals surface area (Å²) in [5.41, 5.74) is 1.13. The molecule has 0 saturated heterocycles. The van der Waals surface area contributed by atoms with Crippen molar-refractivity contribution < 1.29 is 23.8 Å². The van der Waals surface area contributed by atoms with Crippen LogP contribution in [0.3, 0.4) is 0 Å². The van der Waals surface area contributed by atoms with Gasteiger partial charge in [-0.2, -0.15) is 0 Å². The number of ether oxygens (including phenoxy) is 1. The molecular weight excluding hydrogens is 260 g/mol. The number of carbonyl (C=O) groups excluding carboxylic acids is 1. The number of aromatic carboxylic acids is 1. The molecule has 0 radical (unpaired) electrons. The van der Waals surface area contributed by atoms with Gasteiger partial charge in [0.05, 0.1) is 11.7 Å². The largest absolute Gasteiger partial charge is 0.475 e. The van der Waals surface area contributed by atoms with E-state index < -0.39 is 11.9 Å². The summed E-state index contributed by atoms with van der Waals surface area (Å²) in [6.45, 7) is 3.56. The van der Waals surface area contributed by atoms with Crippen LogP contribution in [0.2, 0.25) is 0 Å². The number of hydrogen-bond acceptors (Lipinski definition) is 4. The third-order valence-electron chi connectivity index (χ3n) is 2.56. The number of furan rings is 1. The van der Waals surface area contributed by atoms with Gasteiger partial charge >= 0.3 is 11.9 Å². The van der Waals surface area contributed by atoms with Crippen molar-refractivity contribution >= 4 is 11.9 Å². The topological polar surface area (TPSA) is 76.7 Å². The first-order chi connectivity index (χ1) is 9.47. The summed E-state index contributed by atoms with van der Waals surface area (Å²) in [7, 11) is 0. The molecule has 104 valence electrons. The van der Waals surface area contributed by atoms with Crippen molar-refractivity contribution in [3.05, 3.63) is 47.7 Å². The zero-order chi connectivity index (χ0) is 14.7. The molecule has 0 atom stereocenters. The summed E-state index contributed by atoms with van der Waals surface area (Å²) in [6, 6.07) is 9.55. The smallest absolute Gasteiger partial charge is 0.371 e. The van der Waals surface area contributed by atoms with E-state index in [2.05, 4.69) is 0 Å². The summed E-state index contributed by atoms with van der Waals surface area (Å²) in [4.78, 5) is 22.4. The molecule has 0 aliphatic rings. The highest BCUT2D eigenvalue weighted by Gasteiger charge is 2.12. The molecule has 1 aromatic carbocycles. The summed E-state index contributed by atoms with van der Waals surface area (Å²) < 4.78 is 10.3. The van der Waals surface area contributed by atoms with Gasteiger partial charge in [0.1, 0.15) is 5.76 Å². The molecule has 2 aromatic rings. The Labute approximate surface area is 115 Å². The standard InChI is InChI=1S/C15H14O5/c1-9(2)19-15(18)11-5-3-10(4-6-11)12-7-8-13(20-12)14(16)17/h3-9H,1-2H3,(H,16,17). The highest BCUT2D eigenvalue weighted by atomic mass is 16.5. The molecular formula is C15H14O5. The highest BCUT2D eigenvalue weighted by molar-refractivity contribution is 5.90. The number of carbonyl (C=O) groups is 2. The SMILES string of the molecule is CC(C)OC(=O)c1ccc(-c2ccc(C(=O)O)o2)cc1. The van der Waals surface area contributed by atoms with Crippen molar-refractivity contribution in [2.24, 2.45) is 0 Å². The van der Waals surface area contributed by atoms with E-state index in [0.29, 0.717) is 16.9 Å². The monoisotopic (exact) mass is 274 g/mol. The second-order valence-corrected chi connectivity index (χ2v) is 4.50. The van der Waals surface area contributed by atoms with Crippen molar-refractivity contribution in [1.29, 1.82) is 0 Å². The van der Waals surface area contributed by atoms with Crippen LogP contribution in [0.4, 0.5) is 0 Å². The van der Waals surface area contributed by atoms with Crippen LogP contribution in [0.25, 0.3) is 11.3 Å². The number of carboxylic acids is 1. The molecule has 0 amide bonds. The van der Waals surface area contributed by atoms with Crippen molar-refractivity contribution in [2.75, 3.05) is 0 Å². The molecule has 0 aliphatic heterocycles. The fourth-order valence-corrected chi connectivity index (χ4v) is 1.66. The molecule has 0 bridgehead atoms. The summed E-state index contributed by atoms with van der Waals surface area (Å²) in [5, 5.41) is 8.79. The van der Waals surface area contributed by atoms with Gasteiger partial charge in [0.2, 0.25) is 5.76 Å². The molecule has 2 rings (SSSR count). The van der Waals surface area contributed by atoms with E-state index in [9.17, 15) is 9.59 Å². The van der Waals surface area contributed by atoms with Gasteiger partial charge in [-0.15, -0.1) is 0 Å². The molecule has 1 N–H and O–H groups in total. The van der Waals surface area contributed by atoms with E-state index in [1.807, 2.05) is 0 Å². The maximum absolute atomic E-state index is 11.7. The van der Waals surface area contributed by atoms with Gasteiger partial charge in [0, 0.05) is 5.56 Å². The molecule has 0 unspecified atom stereocenters. The lowest BCUT2D eigenvalue weighted by Gasteiger charge is -2.07. The Morgan fingerprint density at radius 3 is 2.25 bits per heavy atom. The van der Waals surface area contributed by atoms with Gasteiger partial charge < -0.3 is 14.3 Å². The van der Waals surface area contributed by atoms with Gasteiger partial charge in [-0.3, -0.25) is 0 Å². The summed E-state index contributed by atoms with van der Waals surface area (Å²) >= 11 is 0. The number of rotatable bonds is 4. The molecule has 0 spiro atoms. The van der Waals surface area contributed by atoms with E-state index in [0.717, 1.165) is 0 Å². The third kappa shape index (κ3) is 3.06. The minimum Gasteiger partial charge on any atom is -0.475 e. The summed E-state index contributed by atoms with van der Waals surface area (Å²) in [5.74, 6) is -1.19. The predicted octanol–water partition coefficient (Wildman–Crippen LogP) is 3.21. The molecule has 1 aromatic heterocycles. The van der Waals surface area contributed by atoms with Crippen molar-refractivity contribution in [2.45, 2.75) is 20.0 Å². The van der Waals surface area contributed by atoms with Gasteiger partial charge in [0.25, 0.3) is 0 Å². The van der Waals surface area contributed by atoms with E-state index in [1.165, 1.54) is 6.07 Å². The Morgan fingerprint density at radius 2 is 1.75 bits per heavy atom. The Bertz CT molecular complexity index is 622. The molecule has 0 saturated carbocycles. The van der Waals surface area contributed by atoms with Gasteiger partial charge in [-0.05, 0) is 38.1 Å². The Morgan fingerprint density at radius 1 is 1.10 bits per heavy atom. The van der Waals surface area contributed by atoms with Crippen LogP contribution in [0.15, 0.2) is 40.8 Å². The lowest BCUT2D eigenvalue weighted by molar-refractivity contribution is 0.0377. The van der Waals surface area contributed by atoms with Crippen LogP contribution in [0.5, 0.6) is 0 Å². The van der Waals surface area contributed by atoms with Crippen molar-refractivity contribution in [1.82, 2.24) is 0 Å². The lowest BCUT2D eigenvalue weighted by Crippen LogP contribution is -2.11. The van der Waals surface area contributed by atoms with Crippen LogP contribution >= 0.6 is 0 Å². The zero-order valence-electron chi connectivity index (χ0n) is 11.1. The van der Waals surface area contributed by atoms with E-state index in [4.69, 9.17) is 14.3 Å². The quantitative estimate of drug-likeness (QED) is 0.866. The van der Waals surface area contributed by atoms with E-state index in [-0.39, 0.29) is 11.9 Å². The van der Waals surface area contributed by atoms with E-state index >= 15 is 0 Å². The Hall–Kier alpha value is -2.56. The second kappa shape index (κ2) is 5.61. The summed E-state index contributed by atoms with van der Waals surface area (Å²) in [6.07, 6.45) is -0.176. The third-order valence-corrected chi connectivity index (χ3v) is 2.56. The van der Waals surface area contributed by atoms with Gasteiger partial charge in [-0.1, -0.05) is 12.1 Å². The number of hydrogen-bond donors (Lipinski definition) is 1. The Kier molecular flexibility index (Phi) is 3.89. The average molecular weight is 274 g/mol. The number of esters is 1. The minimum absolute atomic E-state index is 0.122. The Balaban J connectivity index is 2.19. The molecule has 20 heavy (non-hydrogen) atoms. The second-order valence-electron chi connectivity index (χ2n) is 4.50. The molecule has 1 heterocycles. The fourth-order valence-electron chi connectivity index (χ4n) is 1.66. The maximum atomic E-state index is 11.7. The first-order valence-electron chi connectivity index (χ1n) is 6.12. The van der Waals surface area contributed by atoms with Crippen LogP contribution < -0.4 is 0 Å². The first-order valence-corrected chi connectivity index (χ1v) is 6.12. The molecule has 5 heteroatoms.